The Morgan fingerprint density at radius 2 is 1.95 bits per heavy atom. The third kappa shape index (κ3) is 4.05. The lowest BCUT2D eigenvalue weighted by atomic mass is 9.97. The first-order valence-corrected chi connectivity index (χ1v) is 7.31. The van der Waals surface area contributed by atoms with Crippen molar-refractivity contribution in [1.29, 1.82) is 0 Å². The van der Waals surface area contributed by atoms with E-state index in [0.29, 0.717) is 6.61 Å². The Labute approximate surface area is 126 Å². The molecule has 0 heterocycles. The van der Waals surface area contributed by atoms with E-state index in [1.165, 1.54) is 6.07 Å². The molecule has 0 fully saturated rings. The summed E-state index contributed by atoms with van der Waals surface area (Å²) in [6, 6.07) is 13.0. The summed E-state index contributed by atoms with van der Waals surface area (Å²) in [6.45, 7) is 4.68. The van der Waals surface area contributed by atoms with Gasteiger partial charge in [-0.1, -0.05) is 25.1 Å². The second kappa shape index (κ2) is 7.23. The first kappa shape index (κ1) is 15.5. The molecule has 0 aliphatic carbocycles. The molecule has 3 heteroatoms. The summed E-state index contributed by atoms with van der Waals surface area (Å²) >= 11 is 0. The van der Waals surface area contributed by atoms with Crippen LogP contribution in [0.5, 0.6) is 5.75 Å². The highest BCUT2D eigenvalue weighted by Gasteiger charge is 2.14. The van der Waals surface area contributed by atoms with Crippen LogP contribution in [-0.4, -0.2) is 13.7 Å². The molecule has 0 saturated heterocycles. The maximum absolute atomic E-state index is 13.6. The quantitative estimate of drug-likeness (QED) is 0.858. The normalized spacial score (nSPS) is 12.2. The first-order valence-electron chi connectivity index (χ1n) is 7.31. The van der Waals surface area contributed by atoms with E-state index in [0.717, 1.165) is 28.9 Å². The van der Waals surface area contributed by atoms with Gasteiger partial charge in [0.15, 0.2) is 0 Å². The fourth-order valence-corrected chi connectivity index (χ4v) is 2.46. The van der Waals surface area contributed by atoms with Gasteiger partial charge in [-0.05, 0) is 61.3 Å². The minimum Gasteiger partial charge on any atom is -0.494 e. The molecule has 0 amide bonds. The van der Waals surface area contributed by atoms with Gasteiger partial charge in [0.1, 0.15) is 11.6 Å². The van der Waals surface area contributed by atoms with Crippen molar-refractivity contribution in [2.24, 2.45) is 0 Å². The Kier molecular flexibility index (Phi) is 5.34. The number of benzene rings is 2. The molecule has 0 aromatic heterocycles. The topological polar surface area (TPSA) is 21.3 Å². The highest BCUT2D eigenvalue weighted by Crippen LogP contribution is 2.26. The average Bonchev–Trinajstić information content (AvgIpc) is 2.45. The molecule has 2 aromatic carbocycles. The largest absolute Gasteiger partial charge is 0.494 e. The van der Waals surface area contributed by atoms with Crippen molar-refractivity contribution in [3.63, 3.8) is 0 Å². The fraction of sp³-hybridized carbons (Fsp3) is 0.333. The van der Waals surface area contributed by atoms with E-state index >= 15 is 0 Å². The summed E-state index contributed by atoms with van der Waals surface area (Å²) in [5.74, 6) is 0.645. The van der Waals surface area contributed by atoms with Crippen molar-refractivity contribution < 1.29 is 9.13 Å². The van der Waals surface area contributed by atoms with Crippen molar-refractivity contribution >= 4 is 0 Å². The number of hydrogen-bond donors (Lipinski definition) is 1. The molecule has 2 aromatic rings. The molecule has 0 aliphatic heterocycles. The molecule has 2 rings (SSSR count). The monoisotopic (exact) mass is 287 g/mol. The van der Waals surface area contributed by atoms with Crippen LogP contribution in [0.4, 0.5) is 4.39 Å². The molecule has 1 unspecified atom stereocenters. The second-order valence-electron chi connectivity index (χ2n) is 5.20. The zero-order valence-electron chi connectivity index (χ0n) is 12.8. The SMILES string of the molecule is CCCOc1cccc(C(NC)c2cc(C)cc(F)c2)c1. The Hall–Kier alpha value is -1.87. The van der Waals surface area contributed by atoms with Crippen molar-refractivity contribution in [3.05, 3.63) is 65.0 Å². The van der Waals surface area contributed by atoms with E-state index in [1.54, 1.807) is 6.07 Å². The first-order chi connectivity index (χ1) is 10.1. The lowest BCUT2D eigenvalue weighted by molar-refractivity contribution is 0.317. The number of hydrogen-bond acceptors (Lipinski definition) is 2. The van der Waals surface area contributed by atoms with Gasteiger partial charge in [-0.2, -0.15) is 0 Å². The molecule has 1 N–H and O–H groups in total. The lowest BCUT2D eigenvalue weighted by Crippen LogP contribution is -2.18. The van der Waals surface area contributed by atoms with Crippen LogP contribution in [0.1, 0.15) is 36.1 Å². The van der Waals surface area contributed by atoms with E-state index in [4.69, 9.17) is 4.74 Å². The van der Waals surface area contributed by atoms with Crippen LogP contribution >= 0.6 is 0 Å². The van der Waals surface area contributed by atoms with Crippen molar-refractivity contribution in [2.75, 3.05) is 13.7 Å². The second-order valence-corrected chi connectivity index (χ2v) is 5.20. The van der Waals surface area contributed by atoms with Gasteiger partial charge in [0.2, 0.25) is 0 Å². The number of rotatable bonds is 6. The highest BCUT2D eigenvalue weighted by molar-refractivity contribution is 5.38. The molecule has 0 saturated carbocycles. The van der Waals surface area contributed by atoms with Crippen LogP contribution in [-0.2, 0) is 0 Å². The maximum Gasteiger partial charge on any atom is 0.123 e. The summed E-state index contributed by atoms with van der Waals surface area (Å²) in [6.07, 6.45) is 0.975. The zero-order chi connectivity index (χ0) is 15.2. The molecular formula is C18H22FNO. The third-order valence-corrected chi connectivity index (χ3v) is 3.35. The zero-order valence-corrected chi connectivity index (χ0v) is 12.8. The van der Waals surface area contributed by atoms with Crippen molar-refractivity contribution in [1.82, 2.24) is 5.32 Å². The highest BCUT2D eigenvalue weighted by atomic mass is 19.1. The molecular weight excluding hydrogens is 265 g/mol. The standard InChI is InChI=1S/C18H22FNO/c1-4-8-21-17-7-5-6-14(12-17)18(20-3)15-9-13(2)10-16(19)11-15/h5-7,9-12,18,20H,4,8H2,1-3H3. The van der Waals surface area contributed by atoms with E-state index in [1.807, 2.05) is 44.3 Å². The minimum atomic E-state index is -0.205. The molecule has 0 aliphatic rings. The van der Waals surface area contributed by atoms with Gasteiger partial charge in [0.05, 0.1) is 12.6 Å². The van der Waals surface area contributed by atoms with Gasteiger partial charge >= 0.3 is 0 Å². The van der Waals surface area contributed by atoms with Gasteiger partial charge in [-0.15, -0.1) is 0 Å². The van der Waals surface area contributed by atoms with Crippen LogP contribution < -0.4 is 10.1 Å². The Balaban J connectivity index is 2.32. The van der Waals surface area contributed by atoms with Crippen LogP contribution in [0.15, 0.2) is 42.5 Å². The van der Waals surface area contributed by atoms with Gasteiger partial charge < -0.3 is 10.1 Å². The molecule has 0 radical (unpaired) electrons. The van der Waals surface area contributed by atoms with Gasteiger partial charge in [0.25, 0.3) is 0 Å². The van der Waals surface area contributed by atoms with Gasteiger partial charge in [-0.25, -0.2) is 4.39 Å². The fourth-order valence-electron chi connectivity index (χ4n) is 2.46. The third-order valence-electron chi connectivity index (χ3n) is 3.35. The summed E-state index contributed by atoms with van der Waals surface area (Å²) in [4.78, 5) is 0. The summed E-state index contributed by atoms with van der Waals surface area (Å²) in [7, 11) is 1.88. The van der Waals surface area contributed by atoms with Crippen LogP contribution in [0.3, 0.4) is 0 Å². The number of ether oxygens (including phenoxy) is 1. The van der Waals surface area contributed by atoms with Gasteiger partial charge in [-0.3, -0.25) is 0 Å². The average molecular weight is 287 g/mol. The van der Waals surface area contributed by atoms with E-state index in [2.05, 4.69) is 12.2 Å². The molecule has 0 spiro atoms. The number of aryl methyl sites for hydroxylation is 1. The van der Waals surface area contributed by atoms with E-state index < -0.39 is 0 Å². The molecule has 0 bridgehead atoms. The van der Waals surface area contributed by atoms with Crippen molar-refractivity contribution in [2.45, 2.75) is 26.3 Å². The summed E-state index contributed by atoms with van der Waals surface area (Å²) in [5, 5.41) is 3.25. The molecule has 112 valence electrons. The van der Waals surface area contributed by atoms with Crippen LogP contribution in [0, 0.1) is 12.7 Å². The summed E-state index contributed by atoms with van der Waals surface area (Å²) in [5.41, 5.74) is 2.90. The summed E-state index contributed by atoms with van der Waals surface area (Å²) < 4.78 is 19.3. The number of nitrogens with one attached hydrogen (secondary N) is 1. The van der Waals surface area contributed by atoms with Crippen molar-refractivity contribution in [3.8, 4) is 5.75 Å². The van der Waals surface area contributed by atoms with E-state index in [-0.39, 0.29) is 11.9 Å². The molecule has 21 heavy (non-hydrogen) atoms. The molecule has 2 nitrogen and oxygen atoms in total. The minimum absolute atomic E-state index is 0.0513. The smallest absolute Gasteiger partial charge is 0.123 e. The predicted molar refractivity (Wildman–Crippen MR) is 84.3 cm³/mol. The van der Waals surface area contributed by atoms with Crippen LogP contribution in [0.25, 0.3) is 0 Å². The number of halogens is 1. The Bertz CT molecular complexity index is 577. The maximum atomic E-state index is 13.6. The Morgan fingerprint density at radius 1 is 1.14 bits per heavy atom. The van der Waals surface area contributed by atoms with E-state index in [9.17, 15) is 4.39 Å². The lowest BCUT2D eigenvalue weighted by Gasteiger charge is -2.19. The Morgan fingerprint density at radius 3 is 2.62 bits per heavy atom. The predicted octanol–water partition coefficient (Wildman–Crippen LogP) is 4.23. The molecule has 1 atom stereocenters. The van der Waals surface area contributed by atoms with Gasteiger partial charge in [0, 0.05) is 0 Å². The van der Waals surface area contributed by atoms with Crippen LogP contribution in [0.2, 0.25) is 0 Å².